The van der Waals surface area contributed by atoms with Crippen molar-refractivity contribution in [1.29, 1.82) is 0 Å². The zero-order valence-corrected chi connectivity index (χ0v) is 29.3. The molecular formula is C38H52F2N2O5. The topological polar surface area (TPSA) is 65.2 Å². The van der Waals surface area contributed by atoms with E-state index in [1.807, 2.05) is 32.4 Å². The summed E-state index contributed by atoms with van der Waals surface area (Å²) in [7, 11) is 4.02. The molecule has 2 heterocycles. The van der Waals surface area contributed by atoms with Crippen molar-refractivity contribution >= 4 is 10.9 Å². The monoisotopic (exact) mass is 654 g/mol. The first-order chi connectivity index (χ1) is 22.3. The van der Waals surface area contributed by atoms with E-state index in [-0.39, 0.29) is 18.1 Å². The molecule has 0 saturated heterocycles. The molecule has 0 saturated carbocycles. The molecule has 1 aromatic heterocycles. The van der Waals surface area contributed by atoms with Crippen LogP contribution in [0.3, 0.4) is 0 Å². The average molecular weight is 655 g/mol. The van der Waals surface area contributed by atoms with E-state index in [0.29, 0.717) is 17.4 Å². The van der Waals surface area contributed by atoms with Crippen LogP contribution in [-0.4, -0.2) is 61.4 Å². The number of likely N-dealkylation sites (N-methyl/N-ethyl adjacent to an activating group) is 1. The van der Waals surface area contributed by atoms with Crippen LogP contribution in [0.15, 0.2) is 48.2 Å². The normalized spacial score (nSPS) is 20.3. The maximum absolute atomic E-state index is 15.0. The molecule has 4 unspecified atom stereocenters. The quantitative estimate of drug-likeness (QED) is 0.130. The van der Waals surface area contributed by atoms with Gasteiger partial charge in [-0.2, -0.15) is 8.78 Å². The van der Waals surface area contributed by atoms with E-state index in [0.717, 1.165) is 72.0 Å². The number of hydrogen-bond donors (Lipinski definition) is 1. The van der Waals surface area contributed by atoms with Gasteiger partial charge in [0.1, 0.15) is 22.8 Å². The molecule has 0 bridgehead atoms. The van der Waals surface area contributed by atoms with Crippen molar-refractivity contribution in [3.05, 3.63) is 64.9 Å². The second kappa shape index (κ2) is 14.5. The molecule has 47 heavy (non-hydrogen) atoms. The van der Waals surface area contributed by atoms with E-state index >= 15 is 0 Å². The van der Waals surface area contributed by atoms with Crippen LogP contribution in [-0.2, 0) is 22.3 Å². The van der Waals surface area contributed by atoms with Crippen molar-refractivity contribution in [3.8, 4) is 17.2 Å². The summed E-state index contributed by atoms with van der Waals surface area (Å²) >= 11 is 0. The van der Waals surface area contributed by atoms with Crippen LogP contribution >= 0.6 is 0 Å². The van der Waals surface area contributed by atoms with Gasteiger partial charge in [-0.3, -0.25) is 4.74 Å². The standard InChI is InChI=1S/C38H52F2N2O5/c1-9-11-27-21-33(36-29-20-24(2)14-15-30(29)37(5,6)47-34(36)22-27)44-25(3)43-19-17-38(39,40)46-26(4)45-32-13-10-12-31-35(32)28(23-41-31)16-18-42(7)8/h10,12-13,20-23,25-26,29-30,41H,9,11,14-19H2,1-8H3. The van der Waals surface area contributed by atoms with Gasteiger partial charge in [0, 0.05) is 41.0 Å². The summed E-state index contributed by atoms with van der Waals surface area (Å²) in [5.74, 6) is 2.50. The van der Waals surface area contributed by atoms with Crippen molar-refractivity contribution in [3.63, 3.8) is 0 Å². The number of halogens is 2. The van der Waals surface area contributed by atoms with E-state index in [4.69, 9.17) is 23.7 Å². The van der Waals surface area contributed by atoms with Crippen molar-refractivity contribution in [2.75, 3.05) is 27.2 Å². The van der Waals surface area contributed by atoms with Gasteiger partial charge >= 0.3 is 6.11 Å². The number of benzene rings is 2. The fourth-order valence-corrected chi connectivity index (χ4v) is 7.01. The zero-order valence-electron chi connectivity index (χ0n) is 29.3. The lowest BCUT2D eigenvalue weighted by Gasteiger charge is -2.47. The number of fused-ring (bicyclic) bond motifs is 4. The minimum atomic E-state index is -3.46. The van der Waals surface area contributed by atoms with Crippen LogP contribution in [0.4, 0.5) is 8.78 Å². The molecule has 4 atom stereocenters. The van der Waals surface area contributed by atoms with E-state index in [1.165, 1.54) is 12.5 Å². The molecule has 1 aliphatic heterocycles. The highest BCUT2D eigenvalue weighted by Gasteiger charge is 2.45. The first-order valence-corrected chi connectivity index (χ1v) is 17.0. The van der Waals surface area contributed by atoms with Gasteiger partial charge in [0.15, 0.2) is 6.29 Å². The number of aromatic amines is 1. The number of ether oxygens (including phenoxy) is 5. The first kappa shape index (κ1) is 35.2. The number of H-pyrrole nitrogens is 1. The Bertz CT molecular complexity index is 1550. The second-order valence-electron chi connectivity index (χ2n) is 13.9. The Morgan fingerprint density at radius 1 is 1.09 bits per heavy atom. The van der Waals surface area contributed by atoms with Crippen molar-refractivity contribution in [2.24, 2.45) is 5.92 Å². The molecule has 0 radical (unpaired) electrons. The Morgan fingerprint density at radius 3 is 2.60 bits per heavy atom. The maximum atomic E-state index is 15.0. The van der Waals surface area contributed by atoms with Gasteiger partial charge in [0.2, 0.25) is 6.29 Å². The van der Waals surface area contributed by atoms with Crippen LogP contribution in [0.5, 0.6) is 17.2 Å². The summed E-state index contributed by atoms with van der Waals surface area (Å²) in [5.41, 5.74) is 5.14. The van der Waals surface area contributed by atoms with Crippen LogP contribution in [0.25, 0.3) is 10.9 Å². The zero-order chi connectivity index (χ0) is 33.9. The molecule has 3 aromatic rings. The SMILES string of the molecule is CCCc1cc(OC(C)OCCC(F)(F)OC(C)Oc2cccc3[nH]cc(CCN(C)C)c23)c2c(c1)OC(C)(C)C1CCC(C)=CC21. The molecule has 1 aliphatic carbocycles. The van der Waals surface area contributed by atoms with E-state index < -0.39 is 25.1 Å². The number of nitrogens with zero attached hydrogens (tertiary/aromatic N) is 1. The number of allylic oxidation sites excluding steroid dienone is 2. The molecule has 0 fully saturated rings. The lowest BCUT2D eigenvalue weighted by Crippen LogP contribution is -2.45. The summed E-state index contributed by atoms with van der Waals surface area (Å²) in [6.07, 6.45) is 2.99. The largest absolute Gasteiger partial charge is 0.487 e. The van der Waals surface area contributed by atoms with Crippen molar-refractivity contribution in [1.82, 2.24) is 9.88 Å². The molecule has 7 nitrogen and oxygen atoms in total. The van der Waals surface area contributed by atoms with Gasteiger partial charge in [-0.1, -0.05) is 31.1 Å². The smallest absolute Gasteiger partial charge is 0.360 e. The summed E-state index contributed by atoms with van der Waals surface area (Å²) in [4.78, 5) is 5.35. The number of alkyl halides is 2. The predicted octanol–water partition coefficient (Wildman–Crippen LogP) is 9.00. The fourth-order valence-electron chi connectivity index (χ4n) is 7.01. The Balaban J connectivity index is 1.21. The van der Waals surface area contributed by atoms with Gasteiger partial charge in [-0.25, -0.2) is 0 Å². The lowest BCUT2D eigenvalue weighted by atomic mass is 9.68. The summed E-state index contributed by atoms with van der Waals surface area (Å²) in [6, 6.07) is 9.75. The summed E-state index contributed by atoms with van der Waals surface area (Å²) in [5, 5.41) is 0.881. The number of rotatable bonds is 15. The van der Waals surface area contributed by atoms with Gasteiger partial charge in [-0.15, -0.1) is 0 Å². The molecule has 1 N–H and O–H groups in total. The second-order valence-corrected chi connectivity index (χ2v) is 13.9. The highest BCUT2D eigenvalue weighted by Crippen LogP contribution is 2.54. The number of hydrogen-bond acceptors (Lipinski definition) is 6. The maximum Gasteiger partial charge on any atom is 0.360 e. The number of aryl methyl sites for hydroxylation is 1. The minimum absolute atomic E-state index is 0.153. The molecule has 9 heteroatoms. The van der Waals surface area contributed by atoms with Crippen molar-refractivity contribution < 1.29 is 32.5 Å². The Morgan fingerprint density at radius 2 is 1.85 bits per heavy atom. The summed E-state index contributed by atoms with van der Waals surface area (Å²) < 4.78 is 59.7. The van der Waals surface area contributed by atoms with E-state index in [2.05, 4.69) is 55.8 Å². The lowest BCUT2D eigenvalue weighted by molar-refractivity contribution is -0.301. The van der Waals surface area contributed by atoms with E-state index in [1.54, 1.807) is 13.0 Å². The van der Waals surface area contributed by atoms with Gasteiger partial charge in [0.25, 0.3) is 0 Å². The highest BCUT2D eigenvalue weighted by molar-refractivity contribution is 5.89. The fraction of sp³-hybridized carbons (Fsp3) is 0.579. The third-order valence-electron chi connectivity index (χ3n) is 9.30. The third kappa shape index (κ3) is 8.48. The van der Waals surface area contributed by atoms with E-state index in [9.17, 15) is 8.78 Å². The predicted molar refractivity (Wildman–Crippen MR) is 182 cm³/mol. The molecule has 0 spiro atoms. The Hall–Kier alpha value is -3.14. The van der Waals surface area contributed by atoms with Crippen LogP contribution in [0.2, 0.25) is 0 Å². The Labute approximate surface area is 278 Å². The molecule has 2 aliphatic rings. The molecule has 0 amide bonds. The van der Waals surface area contributed by atoms with Gasteiger partial charge in [0.05, 0.1) is 13.0 Å². The van der Waals surface area contributed by atoms with Crippen LogP contribution in [0, 0.1) is 5.92 Å². The van der Waals surface area contributed by atoms with Crippen LogP contribution in [0.1, 0.15) is 89.8 Å². The average Bonchev–Trinajstić information content (AvgIpc) is 3.39. The summed E-state index contributed by atoms with van der Waals surface area (Å²) in [6.45, 7) is 12.5. The van der Waals surface area contributed by atoms with Crippen LogP contribution < -0.4 is 14.2 Å². The molecule has 2 aromatic carbocycles. The first-order valence-electron chi connectivity index (χ1n) is 17.0. The van der Waals surface area contributed by atoms with Gasteiger partial charge in [-0.05, 0) is 110 Å². The minimum Gasteiger partial charge on any atom is -0.487 e. The third-order valence-corrected chi connectivity index (χ3v) is 9.30. The molecule has 5 rings (SSSR count). The van der Waals surface area contributed by atoms with Gasteiger partial charge < -0.3 is 28.8 Å². The van der Waals surface area contributed by atoms with Crippen molar-refractivity contribution in [2.45, 2.75) is 110 Å². The molecular weight excluding hydrogens is 602 g/mol. The molecule has 258 valence electrons. The highest BCUT2D eigenvalue weighted by atomic mass is 19.3. The number of aromatic nitrogens is 1. The Kier molecular flexibility index (Phi) is 10.9. The number of nitrogens with one attached hydrogen (secondary N) is 1.